The second-order valence-electron chi connectivity index (χ2n) is 7.36. The van der Waals surface area contributed by atoms with Crippen LogP contribution < -0.4 is 15.0 Å². The summed E-state index contributed by atoms with van der Waals surface area (Å²) in [6, 6.07) is 12.5. The van der Waals surface area contributed by atoms with Gasteiger partial charge in [0.15, 0.2) is 0 Å². The first-order chi connectivity index (χ1) is 14.5. The number of nitrogens with one attached hydrogen (secondary N) is 1. The Morgan fingerprint density at radius 2 is 2.10 bits per heavy atom. The van der Waals surface area contributed by atoms with Gasteiger partial charge in [0, 0.05) is 22.6 Å². The minimum atomic E-state index is -0.762. The van der Waals surface area contributed by atoms with E-state index in [1.54, 1.807) is 23.1 Å². The molecule has 0 saturated carbocycles. The molecule has 158 valence electrons. The second-order valence-corrected chi connectivity index (χ2v) is 8.65. The minimum absolute atomic E-state index is 0.0542. The quantitative estimate of drug-likeness (QED) is 0.595. The molecule has 0 radical (unpaired) electrons. The van der Waals surface area contributed by atoms with E-state index in [0.29, 0.717) is 36.0 Å². The van der Waals surface area contributed by atoms with Gasteiger partial charge in [0.1, 0.15) is 18.3 Å². The molecule has 6 nitrogen and oxygen atoms in total. The lowest BCUT2D eigenvalue weighted by Crippen LogP contribution is -2.33. The van der Waals surface area contributed by atoms with Crippen LogP contribution in [0.4, 0.5) is 11.4 Å². The van der Waals surface area contributed by atoms with Crippen molar-refractivity contribution in [1.29, 1.82) is 0 Å². The van der Waals surface area contributed by atoms with Crippen LogP contribution in [0.3, 0.4) is 0 Å². The molecule has 0 aromatic heterocycles. The fourth-order valence-electron chi connectivity index (χ4n) is 3.74. The number of amides is 2. The van der Waals surface area contributed by atoms with Gasteiger partial charge in [0.05, 0.1) is 17.5 Å². The third kappa shape index (κ3) is 4.63. The predicted molar refractivity (Wildman–Crippen MR) is 119 cm³/mol. The first kappa shape index (κ1) is 21.2. The lowest BCUT2D eigenvalue weighted by Gasteiger charge is -2.19. The molecule has 0 spiro atoms. The molecule has 2 aromatic carbocycles. The summed E-state index contributed by atoms with van der Waals surface area (Å²) >= 11 is 9.60. The average Bonchev–Trinajstić information content (AvgIpc) is 3.37. The number of halogens is 2. The summed E-state index contributed by atoms with van der Waals surface area (Å²) < 4.78 is 12.3. The highest BCUT2D eigenvalue weighted by Crippen LogP contribution is 2.33. The van der Waals surface area contributed by atoms with E-state index < -0.39 is 5.92 Å². The molecule has 4 rings (SSSR count). The van der Waals surface area contributed by atoms with Crippen LogP contribution in [0.1, 0.15) is 19.3 Å². The van der Waals surface area contributed by atoms with E-state index >= 15 is 0 Å². The van der Waals surface area contributed by atoms with E-state index in [-0.39, 0.29) is 17.9 Å². The number of hydrogen-bond acceptors (Lipinski definition) is 4. The first-order valence-electron chi connectivity index (χ1n) is 9.93. The number of carbonyl (C=O) groups is 2. The maximum atomic E-state index is 12.9. The molecule has 2 aliphatic rings. The summed E-state index contributed by atoms with van der Waals surface area (Å²) in [5, 5.41) is 3.31. The van der Waals surface area contributed by atoms with Crippen molar-refractivity contribution in [2.75, 3.05) is 30.0 Å². The second kappa shape index (κ2) is 9.37. The number of ether oxygens (including phenoxy) is 2. The maximum absolute atomic E-state index is 12.9. The highest BCUT2D eigenvalue weighted by atomic mass is 79.9. The highest BCUT2D eigenvalue weighted by molar-refractivity contribution is 9.10. The fourth-order valence-corrected chi connectivity index (χ4v) is 4.41. The normalized spacial score (nSPS) is 21.1. The van der Waals surface area contributed by atoms with Crippen LogP contribution in [0.5, 0.6) is 5.75 Å². The van der Waals surface area contributed by atoms with Crippen molar-refractivity contribution in [3.05, 3.63) is 52.0 Å². The van der Waals surface area contributed by atoms with Gasteiger partial charge in [-0.15, -0.1) is 0 Å². The molecule has 0 aliphatic carbocycles. The molecule has 1 N–H and O–H groups in total. The Labute approximate surface area is 188 Å². The number of hydrogen-bond donors (Lipinski definition) is 1. The van der Waals surface area contributed by atoms with E-state index in [1.807, 2.05) is 24.3 Å². The van der Waals surface area contributed by atoms with Gasteiger partial charge >= 0.3 is 0 Å². The Kier molecular flexibility index (Phi) is 6.61. The number of benzene rings is 2. The number of nitrogens with zero attached hydrogens (tertiary/aromatic N) is 1. The van der Waals surface area contributed by atoms with Crippen LogP contribution in [-0.2, 0) is 14.3 Å². The third-order valence-corrected chi connectivity index (χ3v) is 6.22. The van der Waals surface area contributed by atoms with E-state index in [4.69, 9.17) is 21.1 Å². The van der Waals surface area contributed by atoms with Gasteiger partial charge in [0.25, 0.3) is 0 Å². The molecule has 2 heterocycles. The molecule has 2 aromatic rings. The van der Waals surface area contributed by atoms with Crippen molar-refractivity contribution in [2.24, 2.45) is 5.92 Å². The zero-order valence-electron chi connectivity index (χ0n) is 16.3. The SMILES string of the molecule is O=C(Nc1cc(Cl)ccc1OCC1CCCO1)C1CCN(c2ccccc2Br)C1=O. The van der Waals surface area contributed by atoms with Crippen molar-refractivity contribution in [2.45, 2.75) is 25.4 Å². The standard InChI is InChI=1S/C22H22BrClN2O4/c23-17-5-1-2-6-19(17)26-10-9-16(22(26)28)21(27)25-18-12-14(24)7-8-20(18)30-13-15-4-3-11-29-15/h1-2,5-8,12,15-16H,3-4,9-11,13H2,(H,25,27). The molecule has 0 bridgehead atoms. The molecule has 2 unspecified atom stereocenters. The molecular formula is C22H22BrClN2O4. The Morgan fingerprint density at radius 1 is 1.27 bits per heavy atom. The van der Waals surface area contributed by atoms with Gasteiger partial charge in [-0.3, -0.25) is 9.59 Å². The predicted octanol–water partition coefficient (Wildman–Crippen LogP) is 4.65. The zero-order valence-corrected chi connectivity index (χ0v) is 18.6. The van der Waals surface area contributed by atoms with Gasteiger partial charge in [-0.25, -0.2) is 0 Å². The number of para-hydroxylation sites is 1. The Hall–Kier alpha value is -2.09. The van der Waals surface area contributed by atoms with Crippen molar-refractivity contribution < 1.29 is 19.1 Å². The van der Waals surface area contributed by atoms with Crippen molar-refractivity contribution in [3.63, 3.8) is 0 Å². The Morgan fingerprint density at radius 3 is 2.87 bits per heavy atom. The van der Waals surface area contributed by atoms with Crippen LogP contribution in [-0.4, -0.2) is 37.7 Å². The lowest BCUT2D eigenvalue weighted by atomic mass is 10.1. The van der Waals surface area contributed by atoms with Crippen LogP contribution in [0.2, 0.25) is 5.02 Å². The number of rotatable bonds is 6. The molecular weight excluding hydrogens is 472 g/mol. The molecule has 2 aliphatic heterocycles. The van der Waals surface area contributed by atoms with E-state index in [9.17, 15) is 9.59 Å². The van der Waals surface area contributed by atoms with Crippen LogP contribution >= 0.6 is 27.5 Å². The zero-order chi connectivity index (χ0) is 21.1. The first-order valence-corrected chi connectivity index (χ1v) is 11.1. The van der Waals surface area contributed by atoms with Crippen molar-refractivity contribution >= 4 is 50.7 Å². The smallest absolute Gasteiger partial charge is 0.239 e. The average molecular weight is 494 g/mol. The minimum Gasteiger partial charge on any atom is -0.489 e. The maximum Gasteiger partial charge on any atom is 0.239 e. The van der Waals surface area contributed by atoms with Gasteiger partial charge in [-0.1, -0.05) is 23.7 Å². The van der Waals surface area contributed by atoms with Crippen molar-refractivity contribution in [1.82, 2.24) is 0 Å². The van der Waals surface area contributed by atoms with E-state index in [1.165, 1.54) is 0 Å². The summed E-state index contributed by atoms with van der Waals surface area (Å²) in [4.78, 5) is 27.5. The molecule has 2 atom stereocenters. The molecule has 2 amide bonds. The number of carbonyl (C=O) groups excluding carboxylic acids is 2. The van der Waals surface area contributed by atoms with Gasteiger partial charge in [-0.05, 0) is 65.5 Å². The summed E-state index contributed by atoms with van der Waals surface area (Å²) in [5.41, 5.74) is 1.22. The fraction of sp³-hybridized carbons (Fsp3) is 0.364. The van der Waals surface area contributed by atoms with Crippen LogP contribution in [0, 0.1) is 5.92 Å². The van der Waals surface area contributed by atoms with Crippen LogP contribution in [0.25, 0.3) is 0 Å². The topological polar surface area (TPSA) is 67.9 Å². The molecule has 30 heavy (non-hydrogen) atoms. The van der Waals surface area contributed by atoms with Crippen molar-refractivity contribution in [3.8, 4) is 5.75 Å². The number of anilines is 2. The largest absolute Gasteiger partial charge is 0.489 e. The van der Waals surface area contributed by atoms with Crippen LogP contribution in [0.15, 0.2) is 46.9 Å². The summed E-state index contributed by atoms with van der Waals surface area (Å²) in [5.74, 6) is -0.833. The molecule has 2 fully saturated rings. The Bertz CT molecular complexity index is 948. The van der Waals surface area contributed by atoms with Gasteiger partial charge in [0.2, 0.25) is 11.8 Å². The Balaban J connectivity index is 1.45. The summed E-state index contributed by atoms with van der Waals surface area (Å²) in [7, 11) is 0. The van der Waals surface area contributed by atoms with E-state index in [2.05, 4.69) is 21.2 Å². The highest BCUT2D eigenvalue weighted by Gasteiger charge is 2.38. The molecule has 8 heteroatoms. The van der Waals surface area contributed by atoms with Gasteiger partial charge in [-0.2, -0.15) is 0 Å². The summed E-state index contributed by atoms with van der Waals surface area (Å²) in [6.45, 7) is 1.64. The van der Waals surface area contributed by atoms with E-state index in [0.717, 1.165) is 29.6 Å². The lowest BCUT2D eigenvalue weighted by molar-refractivity contribution is -0.129. The monoisotopic (exact) mass is 492 g/mol. The summed E-state index contributed by atoms with van der Waals surface area (Å²) in [6.07, 6.45) is 2.48. The van der Waals surface area contributed by atoms with Gasteiger partial charge < -0.3 is 19.7 Å². The third-order valence-electron chi connectivity index (χ3n) is 5.31. The molecule has 2 saturated heterocycles.